The Hall–Kier alpha value is -2.14. The zero-order valence-electron chi connectivity index (χ0n) is 12.9. The van der Waals surface area contributed by atoms with Gasteiger partial charge < -0.3 is 9.47 Å². The van der Waals surface area contributed by atoms with Gasteiger partial charge in [0, 0.05) is 0 Å². The Kier molecular flexibility index (Phi) is 6.37. The van der Waals surface area contributed by atoms with E-state index in [4.69, 9.17) is 34.4 Å². The van der Waals surface area contributed by atoms with Gasteiger partial charge in [0.15, 0.2) is 12.4 Å². The van der Waals surface area contributed by atoms with Gasteiger partial charge in [0.1, 0.15) is 0 Å². The molecule has 9 heteroatoms. The van der Waals surface area contributed by atoms with E-state index in [1.165, 1.54) is 25.3 Å². The third-order valence-electron chi connectivity index (χ3n) is 3.00. The fourth-order valence-corrected chi connectivity index (χ4v) is 3.32. The number of ether oxygens (including phenoxy) is 2. The molecule has 0 radical (unpaired) electrons. The van der Waals surface area contributed by atoms with Crippen molar-refractivity contribution in [3.63, 3.8) is 0 Å². The number of benzene rings is 1. The van der Waals surface area contributed by atoms with E-state index in [9.17, 15) is 14.4 Å². The quantitative estimate of drug-likeness (QED) is 0.429. The Balaban J connectivity index is 2.24. The van der Waals surface area contributed by atoms with E-state index in [-0.39, 0.29) is 33.9 Å². The smallest absolute Gasteiger partial charge is 0.343 e. The molecule has 0 unspecified atom stereocenters. The number of imide groups is 1. The van der Waals surface area contributed by atoms with E-state index >= 15 is 0 Å². The van der Waals surface area contributed by atoms with E-state index in [2.05, 4.69) is 10.7 Å². The van der Waals surface area contributed by atoms with Crippen molar-refractivity contribution >= 4 is 58.2 Å². The lowest BCUT2D eigenvalue weighted by molar-refractivity contribution is -0.142. The van der Waals surface area contributed by atoms with E-state index in [0.717, 1.165) is 16.7 Å². The van der Waals surface area contributed by atoms with Gasteiger partial charge in [-0.25, -0.2) is 4.79 Å². The van der Waals surface area contributed by atoms with Crippen molar-refractivity contribution in [2.24, 2.45) is 0 Å². The van der Waals surface area contributed by atoms with Gasteiger partial charge in [-0.05, 0) is 35.5 Å². The van der Waals surface area contributed by atoms with Gasteiger partial charge in [-0.3, -0.25) is 14.5 Å². The average molecular weight is 400 g/mol. The summed E-state index contributed by atoms with van der Waals surface area (Å²) < 4.78 is 9.68. The van der Waals surface area contributed by atoms with E-state index in [1.807, 2.05) is 0 Å². The summed E-state index contributed by atoms with van der Waals surface area (Å²) in [6.07, 6.45) is 6.62. The van der Waals surface area contributed by atoms with Crippen LogP contribution in [0.2, 0.25) is 10.0 Å². The van der Waals surface area contributed by atoms with Crippen LogP contribution in [0.4, 0.5) is 4.79 Å². The molecule has 2 amide bonds. The molecule has 1 saturated heterocycles. The standard InChI is InChI=1S/C16H11Cl2NO5S/c1-3-4-19-15(21)12(25-16(19)22)7-9-5-10(17)14(11(18)6-9)24-8-13(20)23-2/h1,5-7H,4,8H2,2H3. The maximum absolute atomic E-state index is 12.1. The highest BCUT2D eigenvalue weighted by Gasteiger charge is 2.34. The highest BCUT2D eigenvalue weighted by molar-refractivity contribution is 8.18. The third-order valence-corrected chi connectivity index (χ3v) is 4.47. The van der Waals surface area contributed by atoms with Crippen LogP contribution in [0.3, 0.4) is 0 Å². The van der Waals surface area contributed by atoms with Crippen LogP contribution in [0.5, 0.6) is 5.75 Å². The molecule has 1 aromatic carbocycles. The molecule has 0 saturated carbocycles. The van der Waals surface area contributed by atoms with Crippen LogP contribution in [0.15, 0.2) is 17.0 Å². The highest BCUT2D eigenvalue weighted by atomic mass is 35.5. The summed E-state index contributed by atoms with van der Waals surface area (Å²) in [6.45, 7) is -0.440. The monoisotopic (exact) mass is 399 g/mol. The second kappa shape index (κ2) is 8.30. The van der Waals surface area contributed by atoms with Crippen LogP contribution in [-0.2, 0) is 14.3 Å². The Morgan fingerprint density at radius 1 is 1.36 bits per heavy atom. The Morgan fingerprint density at radius 3 is 2.56 bits per heavy atom. The number of halogens is 2. The van der Waals surface area contributed by atoms with E-state index in [1.54, 1.807) is 0 Å². The number of carbonyl (C=O) groups is 3. The van der Waals surface area contributed by atoms with Crippen molar-refractivity contribution in [2.45, 2.75) is 0 Å². The summed E-state index contributed by atoms with van der Waals surface area (Å²) in [5.74, 6) is 1.31. The number of hydrogen-bond donors (Lipinski definition) is 0. The molecule has 1 fully saturated rings. The van der Waals surface area contributed by atoms with Crippen molar-refractivity contribution in [3.05, 3.63) is 32.6 Å². The predicted octanol–water partition coefficient (Wildman–Crippen LogP) is 3.21. The molecule has 130 valence electrons. The summed E-state index contributed by atoms with van der Waals surface area (Å²) >= 11 is 13.0. The molecule has 1 heterocycles. The first-order valence-corrected chi connectivity index (χ1v) is 8.32. The first-order chi connectivity index (χ1) is 11.9. The summed E-state index contributed by atoms with van der Waals surface area (Å²) in [5.41, 5.74) is 0.492. The largest absolute Gasteiger partial charge is 0.479 e. The maximum atomic E-state index is 12.1. The lowest BCUT2D eigenvalue weighted by Gasteiger charge is -2.10. The molecule has 0 spiro atoms. The van der Waals surface area contributed by atoms with Crippen molar-refractivity contribution in [1.29, 1.82) is 0 Å². The summed E-state index contributed by atoms with van der Waals surface area (Å²) in [7, 11) is 1.23. The summed E-state index contributed by atoms with van der Waals surface area (Å²) in [6, 6.07) is 2.99. The van der Waals surface area contributed by atoms with Crippen molar-refractivity contribution in [2.75, 3.05) is 20.3 Å². The molecule has 0 bridgehead atoms. The molecule has 25 heavy (non-hydrogen) atoms. The summed E-state index contributed by atoms with van der Waals surface area (Å²) in [4.78, 5) is 36.2. The SMILES string of the molecule is C#CCN1C(=O)SC(=Cc2cc(Cl)c(OCC(=O)OC)c(Cl)c2)C1=O. The number of carbonyl (C=O) groups excluding carboxylic acids is 3. The summed E-state index contributed by atoms with van der Waals surface area (Å²) in [5, 5.41) is -0.152. The van der Waals surface area contributed by atoms with Crippen molar-refractivity contribution in [1.82, 2.24) is 4.90 Å². The molecule has 0 aliphatic carbocycles. The van der Waals surface area contributed by atoms with Gasteiger partial charge in [-0.2, -0.15) is 0 Å². The molecule has 1 aliphatic rings. The Morgan fingerprint density at radius 2 is 2.00 bits per heavy atom. The number of methoxy groups -OCH3 is 1. The maximum Gasteiger partial charge on any atom is 0.343 e. The minimum atomic E-state index is -0.585. The number of thioether (sulfide) groups is 1. The molecule has 6 nitrogen and oxygen atoms in total. The minimum absolute atomic E-state index is 0.0934. The van der Waals surface area contributed by atoms with Gasteiger partial charge in [-0.15, -0.1) is 6.42 Å². The number of nitrogens with zero attached hydrogens (tertiary/aromatic N) is 1. The minimum Gasteiger partial charge on any atom is -0.479 e. The van der Waals surface area contributed by atoms with Crippen LogP contribution in [0.25, 0.3) is 6.08 Å². The molecule has 0 atom stereocenters. The third kappa shape index (κ3) is 4.48. The number of amides is 2. The Bertz CT molecular complexity index is 792. The number of hydrogen-bond acceptors (Lipinski definition) is 6. The second-order valence-electron chi connectivity index (χ2n) is 4.65. The van der Waals surface area contributed by atoms with Crippen LogP contribution >= 0.6 is 35.0 Å². The molecule has 1 aromatic rings. The number of rotatable bonds is 5. The van der Waals surface area contributed by atoms with Crippen LogP contribution < -0.4 is 4.74 Å². The molecule has 0 aromatic heterocycles. The van der Waals surface area contributed by atoms with Crippen molar-refractivity contribution in [3.8, 4) is 18.1 Å². The van der Waals surface area contributed by atoms with Crippen molar-refractivity contribution < 1.29 is 23.9 Å². The zero-order chi connectivity index (χ0) is 18.6. The van der Waals surface area contributed by atoms with Crippen LogP contribution in [0, 0.1) is 12.3 Å². The lowest BCUT2D eigenvalue weighted by Crippen LogP contribution is -2.28. The molecule has 1 aliphatic heterocycles. The molecular weight excluding hydrogens is 389 g/mol. The van der Waals surface area contributed by atoms with Gasteiger partial charge in [0.25, 0.3) is 11.1 Å². The Labute approximate surface area is 158 Å². The zero-order valence-corrected chi connectivity index (χ0v) is 15.2. The van der Waals surface area contributed by atoms with Gasteiger partial charge in [-0.1, -0.05) is 29.1 Å². The normalized spacial score (nSPS) is 15.4. The van der Waals surface area contributed by atoms with E-state index in [0.29, 0.717) is 5.56 Å². The second-order valence-corrected chi connectivity index (χ2v) is 6.46. The first-order valence-electron chi connectivity index (χ1n) is 6.75. The fourth-order valence-electron chi connectivity index (χ4n) is 1.87. The molecular formula is C16H11Cl2NO5S. The first kappa shape index (κ1) is 19.2. The highest BCUT2D eigenvalue weighted by Crippen LogP contribution is 2.37. The number of terminal acetylenes is 1. The van der Waals surface area contributed by atoms with Crippen LogP contribution in [0.1, 0.15) is 5.56 Å². The average Bonchev–Trinajstić information content (AvgIpc) is 2.81. The fraction of sp³-hybridized carbons (Fsp3) is 0.188. The molecule has 2 rings (SSSR count). The molecule has 0 N–H and O–H groups in total. The number of esters is 1. The lowest BCUT2D eigenvalue weighted by atomic mass is 10.2. The van der Waals surface area contributed by atoms with Crippen LogP contribution in [-0.4, -0.2) is 42.3 Å². The van der Waals surface area contributed by atoms with Gasteiger partial charge in [0.2, 0.25) is 0 Å². The predicted molar refractivity (Wildman–Crippen MR) is 95.5 cm³/mol. The van der Waals surface area contributed by atoms with Gasteiger partial charge in [0.05, 0.1) is 28.6 Å². The topological polar surface area (TPSA) is 72.9 Å². The van der Waals surface area contributed by atoms with E-state index < -0.39 is 17.1 Å². The van der Waals surface area contributed by atoms with Gasteiger partial charge >= 0.3 is 5.97 Å².